The number of nitrogens with zero attached hydrogens (tertiary/aromatic N) is 1. The number of fused-ring (bicyclic) bond motifs is 6. The van der Waals surface area contributed by atoms with Gasteiger partial charge >= 0.3 is 0 Å². The lowest BCUT2D eigenvalue weighted by Gasteiger charge is -2.26. The normalized spacial score (nSPS) is 13.1. The first-order chi connectivity index (χ1) is 23.1. The second kappa shape index (κ2) is 10.6. The number of rotatable bonds is 5. The SMILES string of the molecule is CC1(C)c2ccccc2-c2cc(-c3ccc(N(c4ccccc4)c4ccc5c(c4)oc4ccccc45)cc3)cc(-c3ccccc3)c21. The van der Waals surface area contributed by atoms with Crippen LogP contribution in [0.2, 0.25) is 0 Å². The van der Waals surface area contributed by atoms with Crippen LogP contribution in [0.15, 0.2) is 168 Å². The Morgan fingerprint density at radius 3 is 1.85 bits per heavy atom. The summed E-state index contributed by atoms with van der Waals surface area (Å²) in [6.45, 7) is 4.72. The minimum Gasteiger partial charge on any atom is -0.456 e. The van der Waals surface area contributed by atoms with E-state index in [0.717, 1.165) is 39.0 Å². The van der Waals surface area contributed by atoms with Gasteiger partial charge < -0.3 is 9.32 Å². The lowest BCUT2D eigenvalue weighted by Crippen LogP contribution is -2.16. The minimum absolute atomic E-state index is 0.0867. The van der Waals surface area contributed by atoms with Crippen LogP contribution in [-0.2, 0) is 5.41 Å². The van der Waals surface area contributed by atoms with Gasteiger partial charge in [0.2, 0.25) is 0 Å². The number of furan rings is 1. The Hall–Kier alpha value is -5.86. The van der Waals surface area contributed by atoms with Gasteiger partial charge in [0.05, 0.1) is 0 Å². The molecule has 7 aromatic carbocycles. The van der Waals surface area contributed by atoms with E-state index in [4.69, 9.17) is 4.42 Å². The lowest BCUT2D eigenvalue weighted by molar-refractivity contribution is 0.662. The van der Waals surface area contributed by atoms with Gasteiger partial charge in [-0.25, -0.2) is 0 Å². The van der Waals surface area contributed by atoms with Crippen molar-refractivity contribution in [2.75, 3.05) is 4.90 Å². The van der Waals surface area contributed by atoms with Crippen molar-refractivity contribution in [3.63, 3.8) is 0 Å². The van der Waals surface area contributed by atoms with Crippen molar-refractivity contribution in [1.29, 1.82) is 0 Å². The van der Waals surface area contributed by atoms with Gasteiger partial charge in [-0.15, -0.1) is 0 Å². The van der Waals surface area contributed by atoms with Gasteiger partial charge in [-0.1, -0.05) is 117 Å². The minimum atomic E-state index is -0.0867. The maximum Gasteiger partial charge on any atom is 0.137 e. The summed E-state index contributed by atoms with van der Waals surface area (Å²) in [6.07, 6.45) is 0. The number of anilines is 3. The number of para-hydroxylation sites is 2. The topological polar surface area (TPSA) is 16.4 Å². The van der Waals surface area contributed by atoms with E-state index in [-0.39, 0.29) is 5.41 Å². The summed E-state index contributed by atoms with van der Waals surface area (Å²) >= 11 is 0. The fourth-order valence-electron chi connectivity index (χ4n) is 7.62. The third-order valence-corrected chi connectivity index (χ3v) is 9.83. The van der Waals surface area contributed by atoms with Gasteiger partial charge in [0.1, 0.15) is 11.2 Å². The molecule has 0 fully saturated rings. The summed E-state index contributed by atoms with van der Waals surface area (Å²) in [4.78, 5) is 2.30. The quantitative estimate of drug-likeness (QED) is 0.195. The van der Waals surface area contributed by atoms with Gasteiger partial charge in [0.15, 0.2) is 0 Å². The van der Waals surface area contributed by atoms with Crippen LogP contribution in [0, 0.1) is 0 Å². The lowest BCUT2D eigenvalue weighted by atomic mass is 9.78. The zero-order valence-electron chi connectivity index (χ0n) is 26.4. The number of hydrogen-bond donors (Lipinski definition) is 0. The molecule has 0 unspecified atom stereocenters. The molecule has 1 aliphatic rings. The zero-order chi connectivity index (χ0) is 31.5. The first-order valence-electron chi connectivity index (χ1n) is 16.3. The Labute approximate surface area is 275 Å². The van der Waals surface area contributed by atoms with Crippen molar-refractivity contribution in [2.24, 2.45) is 0 Å². The van der Waals surface area contributed by atoms with Crippen molar-refractivity contribution < 1.29 is 4.42 Å². The Morgan fingerprint density at radius 2 is 1.04 bits per heavy atom. The van der Waals surface area contributed by atoms with Gasteiger partial charge in [-0.3, -0.25) is 0 Å². The molecule has 1 aromatic heterocycles. The second-order valence-corrected chi connectivity index (χ2v) is 13.0. The fraction of sp³-hybridized carbons (Fsp3) is 0.0667. The van der Waals surface area contributed by atoms with Gasteiger partial charge in [0, 0.05) is 39.3 Å². The first kappa shape index (κ1) is 27.5. The van der Waals surface area contributed by atoms with Crippen LogP contribution in [0.5, 0.6) is 0 Å². The summed E-state index contributed by atoms with van der Waals surface area (Å²) in [5.74, 6) is 0. The third kappa shape index (κ3) is 4.40. The molecule has 0 radical (unpaired) electrons. The van der Waals surface area contributed by atoms with Gasteiger partial charge in [0.25, 0.3) is 0 Å². The van der Waals surface area contributed by atoms with Crippen LogP contribution >= 0.6 is 0 Å². The largest absolute Gasteiger partial charge is 0.456 e. The molecule has 0 spiro atoms. The van der Waals surface area contributed by atoms with Gasteiger partial charge in [-0.05, 0) is 99.1 Å². The predicted octanol–water partition coefficient (Wildman–Crippen LogP) is 12.7. The predicted molar refractivity (Wildman–Crippen MR) is 197 cm³/mol. The molecule has 1 heterocycles. The van der Waals surface area contributed by atoms with E-state index in [1.165, 1.54) is 44.5 Å². The van der Waals surface area contributed by atoms with E-state index in [0.29, 0.717) is 0 Å². The summed E-state index contributed by atoms with van der Waals surface area (Å²) < 4.78 is 6.29. The molecule has 8 aromatic rings. The molecular weight excluding hydrogens is 571 g/mol. The summed E-state index contributed by atoms with van der Waals surface area (Å²) in [6, 6.07) is 58.8. The Morgan fingerprint density at radius 1 is 0.426 bits per heavy atom. The van der Waals surface area contributed by atoms with Crippen LogP contribution in [0.4, 0.5) is 17.1 Å². The molecule has 224 valence electrons. The van der Waals surface area contributed by atoms with Crippen molar-refractivity contribution >= 4 is 39.0 Å². The second-order valence-electron chi connectivity index (χ2n) is 13.0. The highest BCUT2D eigenvalue weighted by Crippen LogP contribution is 2.53. The van der Waals surface area contributed by atoms with Crippen LogP contribution in [0.25, 0.3) is 55.3 Å². The standard InChI is InChI=1S/C45H33NO/c1-45(2)41-19-11-9-17-36(41)40-28-32(27-39(44(40)45)31-13-5-3-6-14-31)30-21-23-34(24-22-30)46(33-15-7-4-8-16-33)35-25-26-38-37-18-10-12-20-42(37)47-43(38)29-35/h3-29H,1-2H3. The number of benzene rings is 7. The van der Waals surface area contributed by atoms with Crippen LogP contribution in [0.1, 0.15) is 25.0 Å². The zero-order valence-corrected chi connectivity index (χ0v) is 26.4. The molecule has 0 atom stereocenters. The summed E-state index contributed by atoms with van der Waals surface area (Å²) in [7, 11) is 0. The molecule has 9 rings (SSSR count). The van der Waals surface area contributed by atoms with Crippen molar-refractivity contribution in [1.82, 2.24) is 0 Å². The maximum absolute atomic E-state index is 6.29. The average molecular weight is 604 g/mol. The van der Waals surface area contributed by atoms with E-state index in [9.17, 15) is 0 Å². The third-order valence-electron chi connectivity index (χ3n) is 9.83. The molecule has 0 saturated heterocycles. The smallest absolute Gasteiger partial charge is 0.137 e. The summed E-state index contributed by atoms with van der Waals surface area (Å²) in [5.41, 5.74) is 15.4. The molecule has 0 aliphatic heterocycles. The van der Waals surface area contributed by atoms with E-state index in [1.807, 2.05) is 12.1 Å². The molecule has 0 bridgehead atoms. The fourth-order valence-corrected chi connectivity index (χ4v) is 7.62. The molecule has 2 nitrogen and oxygen atoms in total. The average Bonchev–Trinajstić information content (AvgIpc) is 3.61. The van der Waals surface area contributed by atoms with E-state index >= 15 is 0 Å². The van der Waals surface area contributed by atoms with Crippen molar-refractivity contribution in [3.05, 3.63) is 175 Å². The molecule has 0 amide bonds. The van der Waals surface area contributed by atoms with Crippen molar-refractivity contribution in [3.8, 4) is 33.4 Å². The van der Waals surface area contributed by atoms with Crippen LogP contribution in [0.3, 0.4) is 0 Å². The Balaban J connectivity index is 1.17. The molecular formula is C45H33NO. The van der Waals surface area contributed by atoms with Crippen molar-refractivity contribution in [2.45, 2.75) is 19.3 Å². The molecule has 0 saturated carbocycles. The first-order valence-corrected chi connectivity index (χ1v) is 16.3. The Bertz CT molecular complexity index is 2420. The van der Waals surface area contributed by atoms with Crippen LogP contribution < -0.4 is 4.90 Å². The molecule has 1 aliphatic carbocycles. The molecule has 0 N–H and O–H groups in total. The maximum atomic E-state index is 6.29. The van der Waals surface area contributed by atoms with E-state index in [1.54, 1.807) is 0 Å². The van der Waals surface area contributed by atoms with Gasteiger partial charge in [-0.2, -0.15) is 0 Å². The number of hydrogen-bond acceptors (Lipinski definition) is 2. The summed E-state index contributed by atoms with van der Waals surface area (Å²) in [5, 5.41) is 2.27. The van der Waals surface area contributed by atoms with E-state index in [2.05, 4.69) is 170 Å². The highest BCUT2D eigenvalue weighted by molar-refractivity contribution is 6.06. The monoisotopic (exact) mass is 603 g/mol. The van der Waals surface area contributed by atoms with Crippen LogP contribution in [-0.4, -0.2) is 0 Å². The molecule has 47 heavy (non-hydrogen) atoms. The molecule has 2 heteroatoms. The van der Waals surface area contributed by atoms with E-state index < -0.39 is 0 Å². The highest BCUT2D eigenvalue weighted by Gasteiger charge is 2.37. The Kier molecular flexibility index (Phi) is 6.20. The highest BCUT2D eigenvalue weighted by atomic mass is 16.3.